The molecule has 0 saturated carbocycles. The van der Waals surface area contributed by atoms with E-state index >= 15 is 0 Å². The van der Waals surface area contributed by atoms with Crippen molar-refractivity contribution in [1.29, 1.82) is 0 Å². The summed E-state index contributed by atoms with van der Waals surface area (Å²) in [6, 6.07) is 8.91. The average Bonchev–Trinajstić information content (AvgIpc) is 2.67. The van der Waals surface area contributed by atoms with Gasteiger partial charge in [0, 0.05) is 30.7 Å². The van der Waals surface area contributed by atoms with E-state index in [0.29, 0.717) is 30.1 Å². The average molecular weight is 497 g/mol. The van der Waals surface area contributed by atoms with E-state index < -0.39 is 33.4 Å². The van der Waals surface area contributed by atoms with Crippen LogP contribution in [0.1, 0.15) is 19.4 Å². The van der Waals surface area contributed by atoms with Gasteiger partial charge < -0.3 is 10.0 Å². The molecule has 31 heavy (non-hydrogen) atoms. The Balaban J connectivity index is 1.86. The lowest BCUT2D eigenvalue weighted by Gasteiger charge is -2.40. The summed E-state index contributed by atoms with van der Waals surface area (Å²) in [6.45, 7) is 3.09. The number of alkyl halides is 3. The minimum atomic E-state index is -4.95. The number of benzene rings is 2. The molecule has 1 fully saturated rings. The SMILES string of the molecule is C[C@@H]1CN(c2ccc(Cl)cc2Cl)CCN1S(=O)(=O)c1cccc(C(C)(O)C(F)(F)F)c1. The smallest absolute Gasteiger partial charge is 0.376 e. The van der Waals surface area contributed by atoms with Gasteiger partial charge in [-0.3, -0.25) is 0 Å². The Morgan fingerprint density at radius 1 is 1.10 bits per heavy atom. The summed E-state index contributed by atoms with van der Waals surface area (Å²) in [5.41, 5.74) is -2.99. The molecule has 0 bridgehead atoms. The van der Waals surface area contributed by atoms with E-state index in [2.05, 4.69) is 0 Å². The van der Waals surface area contributed by atoms with E-state index in [1.807, 2.05) is 4.90 Å². The number of aliphatic hydroxyl groups is 1. The van der Waals surface area contributed by atoms with Crippen molar-refractivity contribution in [1.82, 2.24) is 4.31 Å². The summed E-state index contributed by atoms with van der Waals surface area (Å²) >= 11 is 12.2. The first-order chi connectivity index (χ1) is 14.2. The van der Waals surface area contributed by atoms with Gasteiger partial charge in [-0.1, -0.05) is 35.3 Å². The third-order valence-electron chi connectivity index (χ3n) is 5.37. The Kier molecular flexibility index (Phi) is 6.57. The van der Waals surface area contributed by atoms with Crippen molar-refractivity contribution < 1.29 is 26.7 Å². The van der Waals surface area contributed by atoms with Crippen LogP contribution in [0.5, 0.6) is 0 Å². The summed E-state index contributed by atoms with van der Waals surface area (Å²) in [7, 11) is -4.09. The highest BCUT2D eigenvalue weighted by Gasteiger charge is 2.51. The first kappa shape index (κ1) is 24.1. The van der Waals surface area contributed by atoms with Crippen molar-refractivity contribution in [2.45, 2.75) is 36.6 Å². The second kappa shape index (κ2) is 8.44. The molecule has 2 aromatic rings. The maximum Gasteiger partial charge on any atom is 0.421 e. The minimum absolute atomic E-state index is 0.113. The van der Waals surface area contributed by atoms with E-state index in [1.165, 1.54) is 16.4 Å². The van der Waals surface area contributed by atoms with Gasteiger partial charge in [-0.25, -0.2) is 8.42 Å². The standard InChI is InChI=1S/C20H21Cl2F3N2O3S/c1-13-12-26(18-7-6-15(21)11-17(18)22)8-9-27(13)31(29,30)16-5-3-4-14(10-16)19(2,28)20(23,24)25/h3-7,10-11,13,28H,8-9,12H2,1-2H3/t13-,19?/m1/s1. The van der Waals surface area contributed by atoms with Gasteiger partial charge in [-0.05, 0) is 49.7 Å². The maximum atomic E-state index is 13.2. The fourth-order valence-corrected chi connectivity index (χ4v) is 5.70. The first-order valence-electron chi connectivity index (χ1n) is 9.36. The zero-order valence-corrected chi connectivity index (χ0v) is 19.0. The molecular weight excluding hydrogens is 476 g/mol. The zero-order chi connectivity index (χ0) is 23.2. The van der Waals surface area contributed by atoms with Gasteiger partial charge in [-0.15, -0.1) is 0 Å². The molecule has 5 nitrogen and oxygen atoms in total. The molecule has 2 aromatic carbocycles. The van der Waals surface area contributed by atoms with Crippen LogP contribution in [0.2, 0.25) is 10.0 Å². The molecular formula is C20H21Cl2F3N2O3S. The summed E-state index contributed by atoms with van der Waals surface area (Å²) in [6.07, 6.45) is -4.95. The summed E-state index contributed by atoms with van der Waals surface area (Å²) < 4.78 is 67.2. The number of rotatable bonds is 4. The van der Waals surface area contributed by atoms with Gasteiger partial charge in [0.1, 0.15) is 0 Å². The van der Waals surface area contributed by atoms with E-state index in [0.717, 1.165) is 17.8 Å². The fraction of sp³-hybridized carbons (Fsp3) is 0.400. The lowest BCUT2D eigenvalue weighted by atomic mass is 9.96. The number of piperazine rings is 1. The molecule has 1 saturated heterocycles. The minimum Gasteiger partial charge on any atom is -0.376 e. The predicted octanol–water partition coefficient (Wildman–Crippen LogP) is 4.66. The van der Waals surface area contributed by atoms with Gasteiger partial charge in [0.05, 0.1) is 15.6 Å². The normalized spacial score (nSPS) is 20.5. The Labute approximate surface area is 189 Å². The van der Waals surface area contributed by atoms with Crippen molar-refractivity contribution in [3.63, 3.8) is 0 Å². The number of hydrogen-bond donors (Lipinski definition) is 1. The third kappa shape index (κ3) is 4.66. The van der Waals surface area contributed by atoms with E-state index in [1.54, 1.807) is 25.1 Å². The van der Waals surface area contributed by atoms with E-state index in [9.17, 15) is 26.7 Å². The summed E-state index contributed by atoms with van der Waals surface area (Å²) in [5, 5.41) is 10.8. The van der Waals surface area contributed by atoms with Gasteiger partial charge in [0.2, 0.25) is 10.0 Å². The van der Waals surface area contributed by atoms with Crippen LogP contribution in [0.4, 0.5) is 18.9 Å². The molecule has 11 heteroatoms. The van der Waals surface area contributed by atoms with Crippen molar-refractivity contribution in [3.05, 3.63) is 58.1 Å². The molecule has 1 heterocycles. The highest BCUT2D eigenvalue weighted by atomic mass is 35.5. The molecule has 0 aliphatic carbocycles. The van der Waals surface area contributed by atoms with Gasteiger partial charge in [0.15, 0.2) is 5.60 Å². The fourth-order valence-electron chi connectivity index (χ4n) is 3.51. The van der Waals surface area contributed by atoms with Crippen LogP contribution >= 0.6 is 23.2 Å². The number of halogens is 5. The Hall–Kier alpha value is -1.52. The topological polar surface area (TPSA) is 60.9 Å². The van der Waals surface area contributed by atoms with Crippen LogP contribution in [0.25, 0.3) is 0 Å². The lowest BCUT2D eigenvalue weighted by molar-refractivity contribution is -0.258. The van der Waals surface area contributed by atoms with E-state index in [-0.39, 0.29) is 11.4 Å². The number of anilines is 1. The van der Waals surface area contributed by atoms with Crippen LogP contribution in [0.3, 0.4) is 0 Å². The molecule has 1 unspecified atom stereocenters. The molecule has 0 amide bonds. The van der Waals surface area contributed by atoms with Crippen molar-refractivity contribution in [2.75, 3.05) is 24.5 Å². The molecule has 0 aromatic heterocycles. The van der Waals surface area contributed by atoms with Crippen LogP contribution < -0.4 is 4.90 Å². The summed E-state index contributed by atoms with van der Waals surface area (Å²) in [4.78, 5) is 1.62. The molecule has 1 N–H and O–H groups in total. The highest BCUT2D eigenvalue weighted by molar-refractivity contribution is 7.89. The quantitative estimate of drug-likeness (QED) is 0.668. The van der Waals surface area contributed by atoms with Crippen molar-refractivity contribution in [2.24, 2.45) is 0 Å². The molecule has 0 spiro atoms. The Morgan fingerprint density at radius 2 is 1.77 bits per heavy atom. The van der Waals surface area contributed by atoms with Crippen LogP contribution in [-0.2, 0) is 15.6 Å². The maximum absolute atomic E-state index is 13.2. The first-order valence-corrected chi connectivity index (χ1v) is 11.6. The summed E-state index contributed by atoms with van der Waals surface area (Å²) in [5.74, 6) is 0. The molecule has 2 atom stereocenters. The predicted molar refractivity (Wildman–Crippen MR) is 114 cm³/mol. The number of sulfonamides is 1. The van der Waals surface area contributed by atoms with Gasteiger partial charge in [-0.2, -0.15) is 17.5 Å². The van der Waals surface area contributed by atoms with Gasteiger partial charge in [0.25, 0.3) is 0 Å². The number of hydrogen-bond acceptors (Lipinski definition) is 4. The third-order valence-corrected chi connectivity index (χ3v) is 7.92. The molecule has 1 aliphatic rings. The zero-order valence-electron chi connectivity index (χ0n) is 16.7. The largest absolute Gasteiger partial charge is 0.421 e. The van der Waals surface area contributed by atoms with Gasteiger partial charge >= 0.3 is 6.18 Å². The van der Waals surface area contributed by atoms with E-state index in [4.69, 9.17) is 23.2 Å². The van der Waals surface area contributed by atoms with Crippen molar-refractivity contribution >= 4 is 38.9 Å². The van der Waals surface area contributed by atoms with Crippen LogP contribution in [0, 0.1) is 0 Å². The van der Waals surface area contributed by atoms with Crippen LogP contribution in [-0.4, -0.2) is 49.7 Å². The lowest BCUT2D eigenvalue weighted by Crippen LogP contribution is -2.54. The highest BCUT2D eigenvalue weighted by Crippen LogP contribution is 2.39. The van der Waals surface area contributed by atoms with Crippen molar-refractivity contribution in [3.8, 4) is 0 Å². The second-order valence-corrected chi connectivity index (χ2v) is 10.3. The molecule has 1 aliphatic heterocycles. The Morgan fingerprint density at radius 3 is 2.35 bits per heavy atom. The number of nitrogens with zero attached hydrogens (tertiary/aromatic N) is 2. The molecule has 0 radical (unpaired) electrons. The van der Waals surface area contributed by atoms with Crippen LogP contribution in [0.15, 0.2) is 47.4 Å². The molecule has 3 rings (SSSR count). The molecule has 170 valence electrons. The Bertz CT molecular complexity index is 1080. The monoisotopic (exact) mass is 496 g/mol. The second-order valence-electron chi connectivity index (χ2n) is 7.60.